The zero-order valence-corrected chi connectivity index (χ0v) is 11.5. The molecule has 8 heteroatoms. The highest BCUT2D eigenvalue weighted by molar-refractivity contribution is 7.92. The van der Waals surface area contributed by atoms with E-state index in [9.17, 15) is 18.3 Å². The maximum atomic E-state index is 12.0. The summed E-state index contributed by atoms with van der Waals surface area (Å²) in [5, 5.41) is 11.0. The molecule has 20 heavy (non-hydrogen) atoms. The van der Waals surface area contributed by atoms with E-state index in [0.717, 1.165) is 12.1 Å². The summed E-state index contributed by atoms with van der Waals surface area (Å²) in [5.41, 5.74) is -0.103. The second kappa shape index (κ2) is 5.48. The molecule has 0 radical (unpaired) electrons. The van der Waals surface area contributed by atoms with E-state index in [-0.39, 0.29) is 16.3 Å². The third kappa shape index (κ3) is 3.25. The molecule has 1 N–H and O–H groups in total. The standard InChI is InChI=1S/C12H9ClN2O4S/c13-9-3-6-11(14-7-9)15-20(18,19)10-4-1-8(2-5-10)12(16)17/h1-7H,(H,14,15)(H,16,17)/p-1. The van der Waals surface area contributed by atoms with Crippen molar-refractivity contribution < 1.29 is 18.3 Å². The number of nitrogens with zero attached hydrogens (tertiary/aromatic N) is 1. The predicted octanol–water partition coefficient (Wildman–Crippen LogP) is 0.899. The number of anilines is 1. The Labute approximate surface area is 120 Å². The van der Waals surface area contributed by atoms with Crippen LogP contribution in [0.5, 0.6) is 0 Å². The van der Waals surface area contributed by atoms with Gasteiger partial charge in [-0.3, -0.25) is 4.72 Å². The summed E-state index contributed by atoms with van der Waals surface area (Å²) in [7, 11) is -3.84. The van der Waals surface area contributed by atoms with Crippen LogP contribution in [0.2, 0.25) is 5.02 Å². The molecule has 2 aromatic rings. The van der Waals surface area contributed by atoms with Crippen molar-refractivity contribution in [3.8, 4) is 0 Å². The number of halogens is 1. The van der Waals surface area contributed by atoms with E-state index >= 15 is 0 Å². The number of sulfonamides is 1. The van der Waals surface area contributed by atoms with Gasteiger partial charge >= 0.3 is 0 Å². The lowest BCUT2D eigenvalue weighted by Gasteiger charge is -2.08. The molecule has 1 aromatic carbocycles. The summed E-state index contributed by atoms with van der Waals surface area (Å²) in [5.74, 6) is -1.26. The lowest BCUT2D eigenvalue weighted by atomic mass is 10.2. The lowest BCUT2D eigenvalue weighted by Crippen LogP contribution is -2.22. The molecule has 0 atom stereocenters. The van der Waals surface area contributed by atoms with E-state index in [2.05, 4.69) is 9.71 Å². The van der Waals surface area contributed by atoms with Crippen LogP contribution in [0.1, 0.15) is 10.4 Å². The van der Waals surface area contributed by atoms with Gasteiger partial charge in [0.15, 0.2) is 0 Å². The Bertz CT molecular complexity index is 727. The molecular formula is C12H8ClN2O4S-. The topological polar surface area (TPSA) is 99.2 Å². The normalized spacial score (nSPS) is 11.1. The van der Waals surface area contributed by atoms with E-state index in [1.165, 1.54) is 30.5 Å². The molecule has 1 aromatic heterocycles. The smallest absolute Gasteiger partial charge is 0.263 e. The number of carboxylic acids is 1. The van der Waals surface area contributed by atoms with Crippen LogP contribution < -0.4 is 9.83 Å². The van der Waals surface area contributed by atoms with Gasteiger partial charge in [-0.25, -0.2) is 13.4 Å². The molecular weight excluding hydrogens is 304 g/mol. The number of aromatic nitrogens is 1. The Morgan fingerprint density at radius 1 is 1.15 bits per heavy atom. The molecule has 0 saturated carbocycles. The molecule has 0 fully saturated rings. The van der Waals surface area contributed by atoms with Crippen LogP contribution in [0.4, 0.5) is 5.82 Å². The maximum Gasteiger partial charge on any atom is 0.263 e. The van der Waals surface area contributed by atoms with Crippen molar-refractivity contribution in [2.24, 2.45) is 0 Å². The van der Waals surface area contributed by atoms with Crippen LogP contribution in [0.3, 0.4) is 0 Å². The maximum absolute atomic E-state index is 12.0. The van der Waals surface area contributed by atoms with Gasteiger partial charge in [0.25, 0.3) is 10.0 Å². The largest absolute Gasteiger partial charge is 0.545 e. The summed E-state index contributed by atoms with van der Waals surface area (Å²) in [6, 6.07) is 7.55. The Morgan fingerprint density at radius 3 is 2.30 bits per heavy atom. The fourth-order valence-electron chi connectivity index (χ4n) is 1.40. The molecule has 0 bridgehead atoms. The Kier molecular flexibility index (Phi) is 3.91. The molecule has 0 unspecified atom stereocenters. The average molecular weight is 312 g/mol. The lowest BCUT2D eigenvalue weighted by molar-refractivity contribution is -0.255. The molecule has 104 valence electrons. The monoisotopic (exact) mass is 311 g/mol. The van der Waals surface area contributed by atoms with Crippen LogP contribution >= 0.6 is 11.6 Å². The second-order valence-corrected chi connectivity index (χ2v) is 5.90. The minimum atomic E-state index is -3.84. The number of carboxylic acid groups (broad SMARTS) is 1. The first-order chi connectivity index (χ1) is 9.38. The van der Waals surface area contributed by atoms with E-state index in [0.29, 0.717) is 5.02 Å². The number of rotatable bonds is 4. The molecule has 0 aliphatic rings. The van der Waals surface area contributed by atoms with E-state index in [1.54, 1.807) is 0 Å². The molecule has 1 heterocycles. The number of carbonyl (C=O) groups excluding carboxylic acids is 1. The van der Waals surface area contributed by atoms with Gasteiger partial charge in [0, 0.05) is 6.20 Å². The SMILES string of the molecule is O=C([O-])c1ccc(S(=O)(=O)Nc2ccc(Cl)cn2)cc1. The summed E-state index contributed by atoms with van der Waals surface area (Å²) < 4.78 is 26.3. The molecule has 6 nitrogen and oxygen atoms in total. The van der Waals surface area contributed by atoms with Crippen LogP contribution in [0.25, 0.3) is 0 Å². The van der Waals surface area contributed by atoms with Gasteiger partial charge in [0.2, 0.25) is 0 Å². The number of benzene rings is 1. The van der Waals surface area contributed by atoms with Gasteiger partial charge in [-0.05, 0) is 29.8 Å². The molecule has 0 spiro atoms. The quantitative estimate of drug-likeness (QED) is 0.904. The molecule has 0 aliphatic heterocycles. The fraction of sp³-hybridized carbons (Fsp3) is 0. The Balaban J connectivity index is 2.26. The van der Waals surface area contributed by atoms with Crippen LogP contribution in [0, 0.1) is 0 Å². The Morgan fingerprint density at radius 2 is 1.80 bits per heavy atom. The van der Waals surface area contributed by atoms with E-state index in [4.69, 9.17) is 11.6 Å². The highest BCUT2D eigenvalue weighted by Gasteiger charge is 2.14. The summed E-state index contributed by atoms with van der Waals surface area (Å²) in [6.07, 6.45) is 1.30. The van der Waals surface area contributed by atoms with Gasteiger partial charge in [-0.15, -0.1) is 0 Å². The first-order valence-corrected chi connectivity index (χ1v) is 7.20. The highest BCUT2D eigenvalue weighted by atomic mass is 35.5. The predicted molar refractivity (Wildman–Crippen MR) is 70.8 cm³/mol. The van der Waals surface area contributed by atoms with E-state index < -0.39 is 16.0 Å². The van der Waals surface area contributed by atoms with Crippen molar-refractivity contribution in [2.75, 3.05) is 4.72 Å². The van der Waals surface area contributed by atoms with Gasteiger partial charge in [-0.2, -0.15) is 0 Å². The van der Waals surface area contributed by atoms with Crippen molar-refractivity contribution in [2.45, 2.75) is 4.90 Å². The van der Waals surface area contributed by atoms with Gasteiger partial charge in [0.1, 0.15) is 5.82 Å². The van der Waals surface area contributed by atoms with Gasteiger partial charge in [-0.1, -0.05) is 23.7 Å². The number of carbonyl (C=O) groups is 1. The van der Waals surface area contributed by atoms with Gasteiger partial charge in [0.05, 0.1) is 15.9 Å². The molecule has 0 aliphatic carbocycles. The third-order valence-corrected chi connectivity index (χ3v) is 3.96. The van der Waals surface area contributed by atoms with E-state index in [1.807, 2.05) is 0 Å². The average Bonchev–Trinajstić information content (AvgIpc) is 2.41. The van der Waals surface area contributed by atoms with Crippen LogP contribution in [-0.4, -0.2) is 19.4 Å². The minimum Gasteiger partial charge on any atom is -0.545 e. The van der Waals surface area contributed by atoms with Crippen LogP contribution in [-0.2, 0) is 10.0 Å². The summed E-state index contributed by atoms with van der Waals surface area (Å²) >= 11 is 5.65. The van der Waals surface area contributed by atoms with Crippen molar-refractivity contribution >= 4 is 33.4 Å². The van der Waals surface area contributed by atoms with Gasteiger partial charge < -0.3 is 9.90 Å². The zero-order chi connectivity index (χ0) is 14.8. The number of pyridine rings is 1. The van der Waals surface area contributed by atoms with Crippen molar-refractivity contribution in [3.63, 3.8) is 0 Å². The fourth-order valence-corrected chi connectivity index (χ4v) is 2.52. The Hall–Kier alpha value is -2.12. The minimum absolute atomic E-state index is 0.0840. The second-order valence-electron chi connectivity index (χ2n) is 3.78. The first-order valence-electron chi connectivity index (χ1n) is 5.34. The first kappa shape index (κ1) is 14.3. The number of hydrogen-bond donors (Lipinski definition) is 1. The van der Waals surface area contributed by atoms with Crippen LogP contribution in [0.15, 0.2) is 47.5 Å². The third-order valence-electron chi connectivity index (χ3n) is 2.37. The number of aromatic carboxylic acids is 1. The molecule has 0 amide bonds. The molecule has 2 rings (SSSR count). The zero-order valence-electron chi connectivity index (χ0n) is 9.91. The number of nitrogens with one attached hydrogen (secondary N) is 1. The van der Waals surface area contributed by atoms with Crippen molar-refractivity contribution in [1.29, 1.82) is 0 Å². The van der Waals surface area contributed by atoms with Crippen molar-refractivity contribution in [1.82, 2.24) is 4.98 Å². The van der Waals surface area contributed by atoms with Crippen molar-refractivity contribution in [3.05, 3.63) is 53.2 Å². The molecule has 0 saturated heterocycles. The number of hydrogen-bond acceptors (Lipinski definition) is 5. The highest BCUT2D eigenvalue weighted by Crippen LogP contribution is 2.16. The summed E-state index contributed by atoms with van der Waals surface area (Å²) in [6.45, 7) is 0. The summed E-state index contributed by atoms with van der Waals surface area (Å²) in [4.78, 5) is 14.3.